The normalized spacial score (nSPS) is 26.9. The third kappa shape index (κ3) is 3.91. The van der Waals surface area contributed by atoms with Crippen molar-refractivity contribution in [2.24, 2.45) is 17.8 Å². The number of fused-ring (bicyclic) bond motifs is 2. The number of carbonyl (C=O) groups is 1. The molecule has 0 heterocycles. The lowest BCUT2D eigenvalue weighted by atomic mass is 9.63. The second-order valence-electron chi connectivity index (χ2n) is 9.02. The van der Waals surface area contributed by atoms with Crippen molar-refractivity contribution in [1.82, 2.24) is 0 Å². The summed E-state index contributed by atoms with van der Waals surface area (Å²) >= 11 is 0. The molecule has 0 spiro atoms. The van der Waals surface area contributed by atoms with Crippen LogP contribution < -0.4 is 0 Å². The van der Waals surface area contributed by atoms with Crippen molar-refractivity contribution >= 4 is 16.7 Å². The van der Waals surface area contributed by atoms with Gasteiger partial charge in [-0.15, -0.1) is 0 Å². The average Bonchev–Trinajstić information content (AvgIpc) is 2.75. The van der Waals surface area contributed by atoms with Gasteiger partial charge in [0.15, 0.2) is 11.6 Å². The first-order valence-electron chi connectivity index (χ1n) is 11.0. The first-order chi connectivity index (χ1) is 14.0. The minimum Gasteiger partial charge on any atom is -0.465 e. The predicted octanol–water partition coefficient (Wildman–Crippen LogP) is 7.00. The molecule has 29 heavy (non-hydrogen) atoms. The first-order valence-corrected chi connectivity index (χ1v) is 11.0. The molecule has 2 saturated carbocycles. The summed E-state index contributed by atoms with van der Waals surface area (Å²) < 4.78 is 34.6. The Morgan fingerprint density at radius 1 is 1.03 bits per heavy atom. The molecule has 2 fully saturated rings. The molecule has 2 aromatic carbocycles. The number of methoxy groups -OCH3 is 1. The van der Waals surface area contributed by atoms with E-state index in [0.29, 0.717) is 16.9 Å². The second-order valence-corrected chi connectivity index (χ2v) is 9.02. The molecule has 0 radical (unpaired) electrons. The second kappa shape index (κ2) is 8.41. The van der Waals surface area contributed by atoms with Crippen LogP contribution in [0.25, 0.3) is 10.8 Å². The molecule has 0 N–H and O–H groups in total. The molecule has 4 rings (SSSR count). The van der Waals surface area contributed by atoms with Gasteiger partial charge in [-0.25, -0.2) is 13.6 Å². The van der Waals surface area contributed by atoms with E-state index in [4.69, 9.17) is 4.74 Å². The van der Waals surface area contributed by atoms with Gasteiger partial charge in [0, 0.05) is 5.39 Å². The molecule has 0 amide bonds. The summed E-state index contributed by atoms with van der Waals surface area (Å²) in [5, 5.41) is 0.781. The standard InChI is InChI=1S/C25H30F2O2/c1-3-4-15-5-6-17-12-18(8-7-16(17)11-15)21-13-19-9-10-20(25(28)29-2)14-22(19)24(27)23(21)26/h9-10,13-18H,3-8,11-12H2,1-2H3. The van der Waals surface area contributed by atoms with E-state index >= 15 is 4.39 Å². The van der Waals surface area contributed by atoms with Gasteiger partial charge in [-0.1, -0.05) is 32.3 Å². The molecule has 4 atom stereocenters. The third-order valence-electron chi connectivity index (χ3n) is 7.33. The monoisotopic (exact) mass is 400 g/mol. The largest absolute Gasteiger partial charge is 0.465 e. The highest BCUT2D eigenvalue weighted by Gasteiger charge is 2.37. The highest BCUT2D eigenvalue weighted by atomic mass is 19.2. The lowest BCUT2D eigenvalue weighted by Crippen LogP contribution is -2.30. The van der Waals surface area contributed by atoms with Crippen LogP contribution in [0.2, 0.25) is 0 Å². The molecule has 2 aromatic rings. The van der Waals surface area contributed by atoms with Gasteiger partial charge in [-0.05, 0) is 84.9 Å². The molecule has 0 saturated heterocycles. The zero-order chi connectivity index (χ0) is 20.5. The topological polar surface area (TPSA) is 26.3 Å². The van der Waals surface area contributed by atoms with Crippen LogP contribution in [0, 0.1) is 29.4 Å². The van der Waals surface area contributed by atoms with Crippen LogP contribution in [0.5, 0.6) is 0 Å². The number of carbonyl (C=O) groups excluding carboxylic acids is 1. The molecule has 2 aliphatic carbocycles. The van der Waals surface area contributed by atoms with E-state index in [1.807, 2.05) is 0 Å². The van der Waals surface area contributed by atoms with Crippen molar-refractivity contribution in [2.75, 3.05) is 7.11 Å². The van der Waals surface area contributed by atoms with Gasteiger partial charge >= 0.3 is 5.97 Å². The third-order valence-corrected chi connectivity index (χ3v) is 7.33. The van der Waals surface area contributed by atoms with Gasteiger partial charge in [-0.3, -0.25) is 0 Å². The molecule has 156 valence electrons. The summed E-state index contributed by atoms with van der Waals surface area (Å²) in [5.41, 5.74) is 0.741. The lowest BCUT2D eigenvalue weighted by molar-refractivity contribution is 0.0601. The Kier molecular flexibility index (Phi) is 5.89. The summed E-state index contributed by atoms with van der Waals surface area (Å²) in [6.07, 6.45) is 9.42. The average molecular weight is 401 g/mol. The summed E-state index contributed by atoms with van der Waals surface area (Å²) in [6.45, 7) is 2.26. The summed E-state index contributed by atoms with van der Waals surface area (Å²) in [6, 6.07) is 6.48. The molecule has 4 heteroatoms. The summed E-state index contributed by atoms with van der Waals surface area (Å²) in [7, 11) is 1.28. The Balaban J connectivity index is 1.58. The van der Waals surface area contributed by atoms with Crippen LogP contribution in [0.15, 0.2) is 24.3 Å². The van der Waals surface area contributed by atoms with Gasteiger partial charge in [0.2, 0.25) is 0 Å². The molecule has 0 aromatic heterocycles. The van der Waals surface area contributed by atoms with Crippen molar-refractivity contribution in [3.05, 3.63) is 47.0 Å². The summed E-state index contributed by atoms with van der Waals surface area (Å²) in [4.78, 5) is 11.7. The molecule has 0 bridgehead atoms. The number of benzene rings is 2. The highest BCUT2D eigenvalue weighted by Crippen LogP contribution is 2.49. The van der Waals surface area contributed by atoms with Gasteiger partial charge in [-0.2, -0.15) is 0 Å². The van der Waals surface area contributed by atoms with Crippen LogP contribution in [-0.4, -0.2) is 13.1 Å². The van der Waals surface area contributed by atoms with Crippen LogP contribution in [0.1, 0.15) is 80.1 Å². The van der Waals surface area contributed by atoms with E-state index in [-0.39, 0.29) is 16.9 Å². The molecule has 0 aliphatic heterocycles. The molecule has 2 aliphatic rings. The maximum atomic E-state index is 15.0. The SMILES string of the molecule is CCCC1CCC2CC(c3cc4ccc(C(=O)OC)cc4c(F)c3F)CCC2C1. The Morgan fingerprint density at radius 3 is 2.55 bits per heavy atom. The van der Waals surface area contributed by atoms with Crippen molar-refractivity contribution in [3.63, 3.8) is 0 Å². The van der Waals surface area contributed by atoms with Crippen molar-refractivity contribution in [1.29, 1.82) is 0 Å². The van der Waals surface area contributed by atoms with E-state index < -0.39 is 17.6 Å². The smallest absolute Gasteiger partial charge is 0.337 e. The summed E-state index contributed by atoms with van der Waals surface area (Å²) in [5.74, 6) is 0.191. The predicted molar refractivity (Wildman–Crippen MR) is 111 cm³/mol. The van der Waals surface area contributed by atoms with Gasteiger partial charge in [0.25, 0.3) is 0 Å². The van der Waals surface area contributed by atoms with Crippen molar-refractivity contribution in [2.45, 2.75) is 64.2 Å². The first kappa shape index (κ1) is 20.3. The van der Waals surface area contributed by atoms with Crippen LogP contribution >= 0.6 is 0 Å². The van der Waals surface area contributed by atoms with Crippen molar-refractivity contribution < 1.29 is 18.3 Å². The number of hydrogen-bond donors (Lipinski definition) is 0. The molecular formula is C25H30F2O2. The lowest BCUT2D eigenvalue weighted by Gasteiger charge is -2.42. The Hall–Kier alpha value is -1.97. The fourth-order valence-corrected chi connectivity index (χ4v) is 5.83. The zero-order valence-corrected chi connectivity index (χ0v) is 17.3. The number of halogens is 2. The van der Waals surface area contributed by atoms with E-state index in [1.54, 1.807) is 18.2 Å². The Morgan fingerprint density at radius 2 is 1.79 bits per heavy atom. The van der Waals surface area contributed by atoms with E-state index in [9.17, 15) is 9.18 Å². The van der Waals surface area contributed by atoms with Crippen LogP contribution in [0.4, 0.5) is 8.78 Å². The van der Waals surface area contributed by atoms with Crippen molar-refractivity contribution in [3.8, 4) is 0 Å². The number of hydrogen-bond acceptors (Lipinski definition) is 2. The number of ether oxygens (including phenoxy) is 1. The maximum absolute atomic E-state index is 15.0. The van der Waals surface area contributed by atoms with Crippen LogP contribution in [-0.2, 0) is 4.74 Å². The highest BCUT2D eigenvalue weighted by molar-refractivity contribution is 5.95. The minimum absolute atomic E-state index is 0.0816. The number of esters is 1. The Labute approximate surface area is 171 Å². The van der Waals surface area contributed by atoms with Gasteiger partial charge in [0.05, 0.1) is 12.7 Å². The minimum atomic E-state index is -0.850. The van der Waals surface area contributed by atoms with E-state index in [2.05, 4.69) is 6.92 Å². The van der Waals surface area contributed by atoms with E-state index in [1.165, 1.54) is 45.3 Å². The fourth-order valence-electron chi connectivity index (χ4n) is 5.83. The fraction of sp³-hybridized carbons (Fsp3) is 0.560. The van der Waals surface area contributed by atoms with Gasteiger partial charge in [0.1, 0.15) is 0 Å². The maximum Gasteiger partial charge on any atom is 0.337 e. The van der Waals surface area contributed by atoms with Crippen LogP contribution in [0.3, 0.4) is 0 Å². The van der Waals surface area contributed by atoms with Gasteiger partial charge < -0.3 is 4.74 Å². The van der Waals surface area contributed by atoms with E-state index in [0.717, 1.165) is 31.1 Å². The Bertz CT molecular complexity index is 907. The number of rotatable bonds is 4. The molecule has 2 nitrogen and oxygen atoms in total. The zero-order valence-electron chi connectivity index (χ0n) is 17.3. The molecular weight excluding hydrogens is 370 g/mol. The quantitative estimate of drug-likeness (QED) is 0.516. The molecule has 4 unspecified atom stereocenters.